The first-order valence-electron chi connectivity index (χ1n) is 7.03. The van der Waals surface area contributed by atoms with E-state index in [1.807, 2.05) is 0 Å². The van der Waals surface area contributed by atoms with Gasteiger partial charge in [-0.25, -0.2) is 14.8 Å². The molecule has 2 aromatic rings. The number of rotatable bonds is 5. The fraction of sp³-hybridized carbons (Fsp3) is 0.500. The molecule has 6 nitrogen and oxygen atoms in total. The van der Waals surface area contributed by atoms with Crippen molar-refractivity contribution in [1.82, 2.24) is 9.97 Å². The number of aromatic nitrogens is 2. The van der Waals surface area contributed by atoms with Crippen LogP contribution in [0.3, 0.4) is 0 Å². The maximum atomic E-state index is 10.9. The van der Waals surface area contributed by atoms with E-state index in [0.717, 1.165) is 28.9 Å². The summed E-state index contributed by atoms with van der Waals surface area (Å²) in [5, 5.41) is 13.2. The van der Waals surface area contributed by atoms with Gasteiger partial charge in [0.15, 0.2) is 6.10 Å². The molecule has 3 rings (SSSR count). The summed E-state index contributed by atoms with van der Waals surface area (Å²) >= 11 is 1.67. The van der Waals surface area contributed by atoms with Crippen LogP contribution in [0.1, 0.15) is 24.6 Å². The van der Waals surface area contributed by atoms with Crippen molar-refractivity contribution in [2.45, 2.75) is 38.4 Å². The van der Waals surface area contributed by atoms with Crippen LogP contribution in [0.25, 0.3) is 10.2 Å². The highest BCUT2D eigenvalue weighted by molar-refractivity contribution is 7.18. The second-order valence-corrected chi connectivity index (χ2v) is 6.17. The molecule has 21 heavy (non-hydrogen) atoms. The Morgan fingerprint density at radius 1 is 1.52 bits per heavy atom. The largest absolute Gasteiger partial charge is 0.479 e. The van der Waals surface area contributed by atoms with Crippen molar-refractivity contribution in [2.75, 3.05) is 11.9 Å². The van der Waals surface area contributed by atoms with Gasteiger partial charge in [0.1, 0.15) is 17.0 Å². The molecule has 2 N–H and O–H groups in total. The van der Waals surface area contributed by atoms with Crippen LogP contribution >= 0.6 is 11.3 Å². The number of ether oxygens (including phenoxy) is 1. The fourth-order valence-electron chi connectivity index (χ4n) is 2.47. The van der Waals surface area contributed by atoms with Crippen LogP contribution in [0, 0.1) is 0 Å². The third-order valence-electron chi connectivity index (χ3n) is 3.61. The van der Waals surface area contributed by atoms with E-state index in [9.17, 15) is 4.79 Å². The van der Waals surface area contributed by atoms with E-state index < -0.39 is 12.1 Å². The Morgan fingerprint density at radius 3 is 3.10 bits per heavy atom. The van der Waals surface area contributed by atoms with E-state index >= 15 is 0 Å². The first-order valence-corrected chi connectivity index (χ1v) is 7.84. The number of carbonyl (C=O) groups is 1. The predicted octanol–water partition coefficient (Wildman–Crippen LogP) is 2.30. The molecule has 1 aliphatic heterocycles. The summed E-state index contributed by atoms with van der Waals surface area (Å²) < 4.78 is 5.48. The molecule has 2 atom stereocenters. The minimum absolute atomic E-state index is 0.0830. The van der Waals surface area contributed by atoms with E-state index in [0.29, 0.717) is 13.0 Å². The number of hydrogen-bond donors (Lipinski definition) is 2. The zero-order chi connectivity index (χ0) is 14.8. The average Bonchev–Trinajstić information content (AvgIpc) is 3.11. The Kier molecular flexibility index (Phi) is 4.03. The Bertz CT molecular complexity index is 658. The number of nitrogens with one attached hydrogen (secondary N) is 1. The van der Waals surface area contributed by atoms with Crippen molar-refractivity contribution in [3.63, 3.8) is 0 Å². The molecule has 3 heterocycles. The van der Waals surface area contributed by atoms with Crippen molar-refractivity contribution in [2.24, 2.45) is 0 Å². The van der Waals surface area contributed by atoms with Crippen LogP contribution in [0.5, 0.6) is 0 Å². The van der Waals surface area contributed by atoms with Crippen LogP contribution in [0.15, 0.2) is 12.4 Å². The van der Waals surface area contributed by atoms with Crippen molar-refractivity contribution >= 4 is 33.3 Å². The van der Waals surface area contributed by atoms with Gasteiger partial charge in [-0.05, 0) is 25.3 Å². The summed E-state index contributed by atoms with van der Waals surface area (Å²) in [5.74, 6) is -0.0920. The number of nitrogens with zero attached hydrogens (tertiary/aromatic N) is 2. The Balaban J connectivity index is 1.68. The second kappa shape index (κ2) is 5.95. The first kappa shape index (κ1) is 14.2. The van der Waals surface area contributed by atoms with Crippen LogP contribution in [0.4, 0.5) is 5.82 Å². The lowest BCUT2D eigenvalue weighted by atomic mass is 10.2. The van der Waals surface area contributed by atoms with Gasteiger partial charge >= 0.3 is 5.97 Å². The van der Waals surface area contributed by atoms with E-state index in [-0.39, 0.29) is 6.10 Å². The van der Waals surface area contributed by atoms with E-state index in [2.05, 4.69) is 28.3 Å². The summed E-state index contributed by atoms with van der Waals surface area (Å²) in [4.78, 5) is 21.7. The van der Waals surface area contributed by atoms with Gasteiger partial charge in [0.25, 0.3) is 0 Å². The molecular formula is C14H17N3O3S. The SMILES string of the molecule is CCc1cc2c(NCC3CCC(C(=O)O)O3)ncnc2s1. The topological polar surface area (TPSA) is 84.3 Å². The van der Waals surface area contributed by atoms with Gasteiger partial charge in [-0.2, -0.15) is 0 Å². The van der Waals surface area contributed by atoms with Gasteiger partial charge in [-0.15, -0.1) is 11.3 Å². The third-order valence-corrected chi connectivity index (χ3v) is 4.80. The minimum Gasteiger partial charge on any atom is -0.479 e. The van der Waals surface area contributed by atoms with Crippen molar-refractivity contribution in [3.8, 4) is 0 Å². The predicted molar refractivity (Wildman–Crippen MR) is 80.8 cm³/mol. The molecule has 0 radical (unpaired) electrons. The number of fused-ring (bicyclic) bond motifs is 1. The maximum absolute atomic E-state index is 10.9. The summed E-state index contributed by atoms with van der Waals surface area (Å²) in [6.07, 6.45) is 3.10. The number of aliphatic carboxylic acids is 1. The summed E-state index contributed by atoms with van der Waals surface area (Å²) in [6.45, 7) is 2.68. The molecule has 0 saturated carbocycles. The number of aryl methyl sites for hydroxylation is 1. The van der Waals surface area contributed by atoms with Crippen molar-refractivity contribution in [3.05, 3.63) is 17.3 Å². The monoisotopic (exact) mass is 307 g/mol. The van der Waals surface area contributed by atoms with Crippen molar-refractivity contribution in [1.29, 1.82) is 0 Å². The Morgan fingerprint density at radius 2 is 2.38 bits per heavy atom. The highest BCUT2D eigenvalue weighted by atomic mass is 32.1. The highest BCUT2D eigenvalue weighted by Crippen LogP contribution is 2.29. The van der Waals surface area contributed by atoms with Gasteiger partial charge in [0.2, 0.25) is 0 Å². The molecule has 0 amide bonds. The summed E-state index contributed by atoms with van der Waals surface area (Å²) in [7, 11) is 0. The molecule has 0 aromatic carbocycles. The average molecular weight is 307 g/mol. The lowest BCUT2D eigenvalue weighted by Crippen LogP contribution is -2.24. The number of carboxylic acid groups (broad SMARTS) is 1. The molecule has 7 heteroatoms. The summed E-state index contributed by atoms with van der Waals surface area (Å²) in [6, 6.07) is 2.11. The first-order chi connectivity index (χ1) is 10.2. The smallest absolute Gasteiger partial charge is 0.332 e. The fourth-order valence-corrected chi connectivity index (χ4v) is 3.40. The lowest BCUT2D eigenvalue weighted by molar-refractivity contribution is -0.149. The molecule has 2 aromatic heterocycles. The lowest BCUT2D eigenvalue weighted by Gasteiger charge is -2.13. The molecule has 0 spiro atoms. The molecule has 0 aliphatic carbocycles. The number of anilines is 1. The van der Waals surface area contributed by atoms with E-state index in [4.69, 9.17) is 9.84 Å². The molecule has 0 bridgehead atoms. The van der Waals surface area contributed by atoms with Gasteiger partial charge in [0, 0.05) is 11.4 Å². The number of carboxylic acids is 1. The van der Waals surface area contributed by atoms with Crippen molar-refractivity contribution < 1.29 is 14.6 Å². The zero-order valence-electron chi connectivity index (χ0n) is 11.7. The third kappa shape index (κ3) is 2.98. The molecule has 1 aliphatic rings. The molecule has 1 saturated heterocycles. The minimum atomic E-state index is -0.882. The van der Waals surface area contributed by atoms with Crippen LogP contribution in [-0.4, -0.2) is 39.8 Å². The van der Waals surface area contributed by atoms with E-state index in [1.165, 1.54) is 4.88 Å². The maximum Gasteiger partial charge on any atom is 0.332 e. The van der Waals surface area contributed by atoms with Gasteiger partial charge < -0.3 is 15.2 Å². The van der Waals surface area contributed by atoms with E-state index in [1.54, 1.807) is 17.7 Å². The zero-order valence-corrected chi connectivity index (χ0v) is 12.5. The highest BCUT2D eigenvalue weighted by Gasteiger charge is 2.30. The molecular weight excluding hydrogens is 290 g/mol. The Labute approximate surface area is 126 Å². The van der Waals surface area contributed by atoms with Gasteiger partial charge in [-0.1, -0.05) is 6.92 Å². The number of hydrogen-bond acceptors (Lipinski definition) is 6. The van der Waals surface area contributed by atoms with Crippen LogP contribution in [0.2, 0.25) is 0 Å². The molecule has 2 unspecified atom stereocenters. The Hall–Kier alpha value is -1.73. The van der Waals surface area contributed by atoms with Gasteiger partial charge in [0.05, 0.1) is 11.5 Å². The van der Waals surface area contributed by atoms with Gasteiger partial charge in [-0.3, -0.25) is 0 Å². The van der Waals surface area contributed by atoms with Crippen LogP contribution in [-0.2, 0) is 16.0 Å². The standard InChI is InChI=1S/C14H17N3O3S/c1-2-9-5-10-12(16-7-17-13(10)21-9)15-6-8-3-4-11(20-8)14(18)19/h5,7-8,11H,2-4,6H2,1H3,(H,18,19)(H,15,16,17). The normalized spacial score (nSPS) is 21.8. The van der Waals surface area contributed by atoms with Crippen LogP contribution < -0.4 is 5.32 Å². The second-order valence-electron chi connectivity index (χ2n) is 5.05. The number of thiophene rings is 1. The molecule has 112 valence electrons. The molecule has 1 fully saturated rings. The summed E-state index contributed by atoms with van der Waals surface area (Å²) in [5.41, 5.74) is 0. The quantitative estimate of drug-likeness (QED) is 0.881.